The number of nitrogens with one attached hydrogen (secondary N) is 3. The van der Waals surface area contributed by atoms with Crippen LogP contribution in [-0.2, 0) is 4.74 Å². The molecule has 1 heterocycles. The lowest BCUT2D eigenvalue weighted by Gasteiger charge is -2.20. The summed E-state index contributed by atoms with van der Waals surface area (Å²) in [4.78, 5) is 11.8. The van der Waals surface area contributed by atoms with Crippen LogP contribution in [0.25, 0.3) is 0 Å². The highest BCUT2D eigenvalue weighted by Crippen LogP contribution is 2.14. The van der Waals surface area contributed by atoms with Crippen molar-refractivity contribution in [3.05, 3.63) is 30.3 Å². The molecule has 1 aliphatic rings. The fraction of sp³-hybridized carbons (Fsp3) is 0.533. The van der Waals surface area contributed by atoms with E-state index in [0.717, 1.165) is 5.69 Å². The molecule has 2 rings (SSSR count). The van der Waals surface area contributed by atoms with E-state index in [9.17, 15) is 9.90 Å². The third-order valence-electron chi connectivity index (χ3n) is 3.33. The maximum absolute atomic E-state index is 11.8. The minimum Gasteiger partial charge on any atom is -0.389 e. The molecule has 3 atom stereocenters. The van der Waals surface area contributed by atoms with Crippen LogP contribution < -0.4 is 16.0 Å². The summed E-state index contributed by atoms with van der Waals surface area (Å²) in [5.41, 5.74) is 0.724. The van der Waals surface area contributed by atoms with Gasteiger partial charge >= 0.3 is 6.03 Å². The van der Waals surface area contributed by atoms with Gasteiger partial charge in [-0.1, -0.05) is 32.0 Å². The van der Waals surface area contributed by atoms with Crippen LogP contribution in [0.2, 0.25) is 0 Å². The predicted molar refractivity (Wildman–Crippen MR) is 81.3 cm³/mol. The van der Waals surface area contributed by atoms with Gasteiger partial charge in [-0.2, -0.15) is 0 Å². The summed E-state index contributed by atoms with van der Waals surface area (Å²) >= 11 is 0. The number of hydrogen-bond acceptors (Lipinski definition) is 4. The van der Waals surface area contributed by atoms with Crippen molar-refractivity contribution >= 4 is 11.7 Å². The highest BCUT2D eigenvalue weighted by atomic mass is 16.5. The molecule has 1 aromatic rings. The molecular formula is C15H23N3O3. The Morgan fingerprint density at radius 3 is 2.76 bits per heavy atom. The molecule has 1 aromatic carbocycles. The lowest BCUT2D eigenvalue weighted by molar-refractivity contribution is 0.0426. The van der Waals surface area contributed by atoms with Crippen molar-refractivity contribution < 1.29 is 14.6 Å². The molecule has 1 fully saturated rings. The quantitative estimate of drug-likeness (QED) is 0.651. The lowest BCUT2D eigenvalue weighted by atomic mass is 10.1. The summed E-state index contributed by atoms with van der Waals surface area (Å²) in [5, 5.41) is 18.8. The number of aliphatic hydroxyl groups is 1. The van der Waals surface area contributed by atoms with Gasteiger partial charge < -0.3 is 25.8 Å². The van der Waals surface area contributed by atoms with Crippen molar-refractivity contribution in [1.29, 1.82) is 0 Å². The van der Waals surface area contributed by atoms with E-state index < -0.39 is 6.10 Å². The highest BCUT2D eigenvalue weighted by Gasteiger charge is 2.35. The minimum absolute atomic E-state index is 0.0889. The van der Waals surface area contributed by atoms with Crippen molar-refractivity contribution in [3.63, 3.8) is 0 Å². The standard InChI is InChI=1S/C15H23N3O3/c1-10(2)17-12-9-21-13(14(12)19)8-16-15(20)18-11-6-4-3-5-7-11/h3-7,10,12-14,17,19H,8-9H2,1-2H3,(H2,16,18,20)/t12-,13-,14+/m1/s1. The Kier molecular flexibility index (Phi) is 5.55. The van der Waals surface area contributed by atoms with Gasteiger partial charge in [-0.25, -0.2) is 4.79 Å². The first-order valence-electron chi connectivity index (χ1n) is 7.22. The largest absolute Gasteiger partial charge is 0.389 e. The Balaban J connectivity index is 1.74. The van der Waals surface area contributed by atoms with E-state index in [-0.39, 0.29) is 30.8 Å². The van der Waals surface area contributed by atoms with Crippen LogP contribution in [0, 0.1) is 0 Å². The van der Waals surface area contributed by atoms with Crippen LogP contribution in [0.5, 0.6) is 0 Å². The molecule has 0 radical (unpaired) electrons. The average Bonchev–Trinajstić information content (AvgIpc) is 2.78. The Morgan fingerprint density at radius 2 is 2.10 bits per heavy atom. The van der Waals surface area contributed by atoms with Gasteiger partial charge in [0, 0.05) is 18.3 Å². The Bertz CT molecular complexity index is 453. The molecule has 4 N–H and O–H groups in total. The van der Waals surface area contributed by atoms with Crippen LogP contribution in [0.4, 0.5) is 10.5 Å². The number of benzene rings is 1. The highest BCUT2D eigenvalue weighted by molar-refractivity contribution is 5.89. The second kappa shape index (κ2) is 7.40. The second-order valence-electron chi connectivity index (χ2n) is 5.49. The van der Waals surface area contributed by atoms with E-state index in [1.54, 1.807) is 0 Å². The SMILES string of the molecule is CC(C)N[C@@H]1CO[C@H](CNC(=O)Nc2ccccc2)[C@H]1O. The van der Waals surface area contributed by atoms with Crippen LogP contribution in [-0.4, -0.2) is 48.6 Å². The molecule has 0 bridgehead atoms. The number of aliphatic hydroxyl groups excluding tert-OH is 1. The van der Waals surface area contributed by atoms with Gasteiger partial charge in [0.25, 0.3) is 0 Å². The lowest BCUT2D eigenvalue weighted by Crippen LogP contribution is -2.47. The summed E-state index contributed by atoms with van der Waals surface area (Å²) in [6.45, 7) is 4.76. The third-order valence-corrected chi connectivity index (χ3v) is 3.33. The molecule has 0 aliphatic carbocycles. The Hall–Kier alpha value is -1.63. The number of ether oxygens (including phenoxy) is 1. The average molecular weight is 293 g/mol. The molecule has 0 spiro atoms. The number of carbonyl (C=O) groups excluding carboxylic acids is 1. The first-order valence-corrected chi connectivity index (χ1v) is 7.22. The van der Waals surface area contributed by atoms with Gasteiger partial charge in [0.05, 0.1) is 18.8 Å². The maximum atomic E-state index is 11.8. The van der Waals surface area contributed by atoms with Gasteiger partial charge in [-0.15, -0.1) is 0 Å². The Morgan fingerprint density at radius 1 is 1.38 bits per heavy atom. The van der Waals surface area contributed by atoms with Gasteiger partial charge in [-0.05, 0) is 12.1 Å². The monoisotopic (exact) mass is 293 g/mol. The molecule has 2 amide bonds. The number of amides is 2. The van der Waals surface area contributed by atoms with Crippen LogP contribution in [0.15, 0.2) is 30.3 Å². The maximum Gasteiger partial charge on any atom is 0.319 e. The van der Waals surface area contributed by atoms with Crippen molar-refractivity contribution in [2.75, 3.05) is 18.5 Å². The van der Waals surface area contributed by atoms with Gasteiger partial charge in [0.1, 0.15) is 6.10 Å². The van der Waals surface area contributed by atoms with Gasteiger partial charge in [0.2, 0.25) is 0 Å². The summed E-state index contributed by atoms with van der Waals surface area (Å²) < 4.78 is 5.52. The van der Waals surface area contributed by atoms with Crippen LogP contribution in [0.3, 0.4) is 0 Å². The molecule has 116 valence electrons. The van der Waals surface area contributed by atoms with E-state index in [2.05, 4.69) is 16.0 Å². The molecule has 21 heavy (non-hydrogen) atoms. The van der Waals surface area contributed by atoms with E-state index in [1.165, 1.54) is 0 Å². The van der Waals surface area contributed by atoms with Crippen LogP contribution >= 0.6 is 0 Å². The second-order valence-corrected chi connectivity index (χ2v) is 5.49. The predicted octanol–water partition coefficient (Wildman–Crippen LogP) is 0.934. The number of para-hydroxylation sites is 1. The van der Waals surface area contributed by atoms with Crippen molar-refractivity contribution in [1.82, 2.24) is 10.6 Å². The van der Waals surface area contributed by atoms with Crippen molar-refractivity contribution in [2.24, 2.45) is 0 Å². The van der Waals surface area contributed by atoms with E-state index in [1.807, 2.05) is 44.2 Å². The van der Waals surface area contributed by atoms with Crippen LogP contribution in [0.1, 0.15) is 13.8 Å². The molecule has 1 aliphatic heterocycles. The summed E-state index contributed by atoms with van der Waals surface area (Å²) in [6.07, 6.45) is -1.01. The zero-order chi connectivity index (χ0) is 15.2. The first kappa shape index (κ1) is 15.8. The number of rotatable bonds is 5. The molecule has 6 nitrogen and oxygen atoms in total. The number of carbonyl (C=O) groups is 1. The zero-order valence-electron chi connectivity index (χ0n) is 12.4. The number of urea groups is 1. The number of anilines is 1. The van der Waals surface area contributed by atoms with E-state index in [4.69, 9.17) is 4.74 Å². The van der Waals surface area contributed by atoms with E-state index >= 15 is 0 Å². The molecule has 1 saturated heterocycles. The summed E-state index contributed by atoms with van der Waals surface area (Å²) in [6, 6.07) is 9.08. The van der Waals surface area contributed by atoms with Crippen molar-refractivity contribution in [3.8, 4) is 0 Å². The van der Waals surface area contributed by atoms with Gasteiger partial charge in [0.15, 0.2) is 0 Å². The van der Waals surface area contributed by atoms with Crippen molar-refractivity contribution in [2.45, 2.75) is 38.1 Å². The fourth-order valence-electron chi connectivity index (χ4n) is 2.33. The fourth-order valence-corrected chi connectivity index (χ4v) is 2.33. The molecule has 0 aromatic heterocycles. The Labute approximate surface area is 124 Å². The zero-order valence-corrected chi connectivity index (χ0v) is 12.4. The summed E-state index contributed by atoms with van der Waals surface area (Å²) in [5.74, 6) is 0. The smallest absolute Gasteiger partial charge is 0.319 e. The normalized spacial score (nSPS) is 25.0. The number of hydrogen-bond donors (Lipinski definition) is 4. The molecular weight excluding hydrogens is 270 g/mol. The van der Waals surface area contributed by atoms with E-state index in [0.29, 0.717) is 6.61 Å². The summed E-state index contributed by atoms with van der Waals surface area (Å²) in [7, 11) is 0. The van der Waals surface area contributed by atoms with Gasteiger partial charge in [-0.3, -0.25) is 0 Å². The topological polar surface area (TPSA) is 82.6 Å². The molecule has 0 unspecified atom stereocenters. The third kappa shape index (κ3) is 4.70. The minimum atomic E-state index is -0.621. The first-order chi connectivity index (χ1) is 10.1. The molecule has 0 saturated carbocycles. The molecule has 6 heteroatoms.